The van der Waals surface area contributed by atoms with E-state index in [2.05, 4.69) is 9.97 Å². The molecule has 0 bridgehead atoms. The van der Waals surface area contributed by atoms with E-state index < -0.39 is 0 Å². The predicted octanol–water partition coefficient (Wildman–Crippen LogP) is 0.607. The van der Waals surface area contributed by atoms with Gasteiger partial charge >= 0.3 is 0 Å². The minimum absolute atomic E-state index is 0.0249. The second-order valence-corrected chi connectivity index (χ2v) is 3.19. The number of hydrogen-bond acceptors (Lipinski definition) is 4. The zero-order valence-electron chi connectivity index (χ0n) is 8.18. The minimum atomic E-state index is -0.164. The van der Waals surface area contributed by atoms with Gasteiger partial charge in [0.1, 0.15) is 11.6 Å². The lowest BCUT2D eigenvalue weighted by molar-refractivity contribution is -0.121. The quantitative estimate of drug-likeness (QED) is 0.745. The van der Waals surface area contributed by atoms with Crippen molar-refractivity contribution in [2.75, 3.05) is 6.61 Å². The summed E-state index contributed by atoms with van der Waals surface area (Å²) in [5.41, 5.74) is 0. The molecule has 0 spiro atoms. The van der Waals surface area contributed by atoms with Crippen LogP contribution in [0.15, 0.2) is 18.5 Å². The van der Waals surface area contributed by atoms with E-state index >= 15 is 0 Å². The van der Waals surface area contributed by atoms with Crippen LogP contribution in [0.5, 0.6) is 0 Å². The summed E-state index contributed by atoms with van der Waals surface area (Å²) in [6, 6.07) is 1.73. The Kier molecular flexibility index (Phi) is 4.19. The van der Waals surface area contributed by atoms with Gasteiger partial charge in [0.25, 0.3) is 0 Å². The molecule has 0 radical (unpaired) electrons. The van der Waals surface area contributed by atoms with Gasteiger partial charge in [-0.3, -0.25) is 4.79 Å². The van der Waals surface area contributed by atoms with Crippen LogP contribution < -0.4 is 0 Å². The number of nitrogens with zero attached hydrogens (tertiary/aromatic N) is 2. The monoisotopic (exact) mass is 194 g/mol. The summed E-state index contributed by atoms with van der Waals surface area (Å²) in [5, 5.41) is 8.77. The smallest absolute Gasteiger partial charge is 0.133 e. The highest BCUT2D eigenvalue weighted by molar-refractivity contribution is 5.78. The second-order valence-electron chi connectivity index (χ2n) is 3.19. The molecule has 1 unspecified atom stereocenters. The zero-order valence-corrected chi connectivity index (χ0v) is 8.18. The predicted molar refractivity (Wildman–Crippen MR) is 51.6 cm³/mol. The summed E-state index contributed by atoms with van der Waals surface area (Å²) in [7, 11) is 0. The van der Waals surface area contributed by atoms with Crippen molar-refractivity contribution >= 4 is 5.78 Å². The Morgan fingerprint density at radius 2 is 2.14 bits per heavy atom. The first kappa shape index (κ1) is 10.8. The van der Waals surface area contributed by atoms with Crippen LogP contribution in [0.4, 0.5) is 0 Å². The van der Waals surface area contributed by atoms with Gasteiger partial charge in [-0.05, 0) is 19.4 Å². The molecule has 1 aromatic heterocycles. The SMILES string of the molecule is CC(=O)C(CCO)Cc1ncccn1. The van der Waals surface area contributed by atoms with Crippen LogP contribution in [-0.2, 0) is 11.2 Å². The van der Waals surface area contributed by atoms with Crippen LogP contribution in [0, 0.1) is 5.92 Å². The van der Waals surface area contributed by atoms with Crippen molar-refractivity contribution in [3.05, 3.63) is 24.3 Å². The number of carbonyl (C=O) groups is 1. The Balaban J connectivity index is 2.60. The van der Waals surface area contributed by atoms with Gasteiger partial charge in [0.05, 0.1) is 0 Å². The van der Waals surface area contributed by atoms with Crippen molar-refractivity contribution in [1.29, 1.82) is 0 Å². The number of Topliss-reactive ketones (excluding diaryl/α,β-unsaturated/α-hetero) is 1. The molecule has 0 aliphatic rings. The average Bonchev–Trinajstić information content (AvgIpc) is 2.18. The highest BCUT2D eigenvalue weighted by atomic mass is 16.3. The van der Waals surface area contributed by atoms with Crippen LogP contribution in [0.2, 0.25) is 0 Å². The molecule has 4 nitrogen and oxygen atoms in total. The van der Waals surface area contributed by atoms with E-state index in [4.69, 9.17) is 5.11 Å². The van der Waals surface area contributed by atoms with E-state index in [1.54, 1.807) is 18.5 Å². The fourth-order valence-corrected chi connectivity index (χ4v) is 1.26. The summed E-state index contributed by atoms with van der Waals surface area (Å²) < 4.78 is 0. The molecule has 1 atom stereocenters. The lowest BCUT2D eigenvalue weighted by Gasteiger charge is -2.10. The van der Waals surface area contributed by atoms with Crippen LogP contribution in [-0.4, -0.2) is 27.5 Å². The van der Waals surface area contributed by atoms with Crippen LogP contribution in [0.1, 0.15) is 19.2 Å². The summed E-state index contributed by atoms with van der Waals surface area (Å²) in [4.78, 5) is 19.2. The van der Waals surface area contributed by atoms with Crippen LogP contribution in [0.3, 0.4) is 0 Å². The highest BCUT2D eigenvalue weighted by Crippen LogP contribution is 2.09. The van der Waals surface area contributed by atoms with Gasteiger partial charge in [0.15, 0.2) is 0 Å². The van der Waals surface area contributed by atoms with Gasteiger partial charge in [0, 0.05) is 31.3 Å². The third kappa shape index (κ3) is 3.22. The standard InChI is InChI=1S/C10H14N2O2/c1-8(14)9(3-6-13)7-10-11-4-2-5-12-10/h2,4-5,9,13H,3,6-7H2,1H3. The summed E-state index contributed by atoms with van der Waals surface area (Å²) in [6.45, 7) is 1.56. The van der Waals surface area contributed by atoms with E-state index in [9.17, 15) is 4.79 Å². The van der Waals surface area contributed by atoms with Gasteiger partial charge in [0.2, 0.25) is 0 Å². The minimum Gasteiger partial charge on any atom is -0.396 e. The van der Waals surface area contributed by atoms with Crippen molar-refractivity contribution in [2.45, 2.75) is 19.8 Å². The van der Waals surface area contributed by atoms with Gasteiger partial charge in [-0.1, -0.05) is 0 Å². The Labute approximate surface area is 83.0 Å². The Morgan fingerprint density at radius 3 is 2.64 bits per heavy atom. The number of aromatic nitrogens is 2. The molecular formula is C10H14N2O2. The van der Waals surface area contributed by atoms with Crippen molar-refractivity contribution in [2.24, 2.45) is 5.92 Å². The lowest BCUT2D eigenvalue weighted by Crippen LogP contribution is -2.17. The molecule has 0 fully saturated rings. The molecule has 0 saturated heterocycles. The topological polar surface area (TPSA) is 63.1 Å². The molecule has 0 aliphatic heterocycles. The van der Waals surface area contributed by atoms with E-state index in [-0.39, 0.29) is 18.3 Å². The number of aliphatic hydroxyl groups is 1. The first-order valence-electron chi connectivity index (χ1n) is 4.61. The van der Waals surface area contributed by atoms with Gasteiger partial charge < -0.3 is 5.11 Å². The number of ketones is 1. The van der Waals surface area contributed by atoms with Crippen molar-refractivity contribution in [3.8, 4) is 0 Å². The lowest BCUT2D eigenvalue weighted by atomic mass is 9.97. The highest BCUT2D eigenvalue weighted by Gasteiger charge is 2.15. The average molecular weight is 194 g/mol. The molecule has 14 heavy (non-hydrogen) atoms. The van der Waals surface area contributed by atoms with Crippen molar-refractivity contribution < 1.29 is 9.90 Å². The molecule has 1 heterocycles. The van der Waals surface area contributed by atoms with E-state index in [1.807, 2.05) is 0 Å². The maximum absolute atomic E-state index is 11.2. The number of hydrogen-bond donors (Lipinski definition) is 1. The van der Waals surface area contributed by atoms with E-state index in [1.165, 1.54) is 6.92 Å². The van der Waals surface area contributed by atoms with Crippen molar-refractivity contribution in [3.63, 3.8) is 0 Å². The normalized spacial score (nSPS) is 12.4. The molecule has 1 rings (SSSR count). The maximum Gasteiger partial charge on any atom is 0.133 e. The second kappa shape index (κ2) is 5.44. The number of rotatable bonds is 5. The van der Waals surface area contributed by atoms with Gasteiger partial charge in [-0.2, -0.15) is 0 Å². The van der Waals surface area contributed by atoms with Gasteiger partial charge in [-0.15, -0.1) is 0 Å². The zero-order chi connectivity index (χ0) is 10.4. The fraction of sp³-hybridized carbons (Fsp3) is 0.500. The molecule has 0 aromatic carbocycles. The first-order valence-corrected chi connectivity index (χ1v) is 4.61. The van der Waals surface area contributed by atoms with Gasteiger partial charge in [-0.25, -0.2) is 9.97 Å². The molecular weight excluding hydrogens is 180 g/mol. The summed E-state index contributed by atoms with van der Waals surface area (Å²) in [5.74, 6) is 0.565. The summed E-state index contributed by atoms with van der Waals surface area (Å²) >= 11 is 0. The van der Waals surface area contributed by atoms with Crippen molar-refractivity contribution in [1.82, 2.24) is 9.97 Å². The number of carbonyl (C=O) groups excluding carboxylic acids is 1. The molecule has 76 valence electrons. The molecule has 4 heteroatoms. The fourth-order valence-electron chi connectivity index (χ4n) is 1.26. The first-order chi connectivity index (χ1) is 6.74. The van der Waals surface area contributed by atoms with E-state index in [0.717, 1.165) is 0 Å². The third-order valence-electron chi connectivity index (χ3n) is 2.10. The van der Waals surface area contributed by atoms with Crippen LogP contribution >= 0.6 is 0 Å². The molecule has 1 N–H and O–H groups in total. The summed E-state index contributed by atoms with van der Waals surface area (Å²) in [6.07, 6.45) is 4.29. The number of aliphatic hydroxyl groups excluding tert-OH is 1. The Bertz CT molecular complexity index is 287. The molecule has 0 saturated carbocycles. The Hall–Kier alpha value is -1.29. The molecule has 0 amide bonds. The maximum atomic E-state index is 11.2. The Morgan fingerprint density at radius 1 is 1.50 bits per heavy atom. The largest absolute Gasteiger partial charge is 0.396 e. The third-order valence-corrected chi connectivity index (χ3v) is 2.10. The van der Waals surface area contributed by atoms with Crippen LogP contribution in [0.25, 0.3) is 0 Å². The molecule has 0 aliphatic carbocycles. The molecule has 1 aromatic rings. The van der Waals surface area contributed by atoms with E-state index in [0.29, 0.717) is 18.7 Å².